The van der Waals surface area contributed by atoms with Gasteiger partial charge in [-0.25, -0.2) is 0 Å². The fourth-order valence-corrected chi connectivity index (χ4v) is 2.33. The molecule has 0 spiro atoms. The Balaban J connectivity index is 1.83. The predicted molar refractivity (Wildman–Crippen MR) is 79.3 cm³/mol. The average Bonchev–Trinajstić information content (AvgIpc) is 2.81. The van der Waals surface area contributed by atoms with Gasteiger partial charge in [0.1, 0.15) is 0 Å². The first-order valence-corrected chi connectivity index (χ1v) is 6.36. The fraction of sp³-hybridized carbons (Fsp3) is 0.0667. The van der Waals surface area contributed by atoms with E-state index in [1.165, 1.54) is 16.5 Å². The molecule has 0 saturated carbocycles. The molecular weight excluding hydrogens is 240 g/mol. The van der Waals surface area contributed by atoms with Crippen LogP contribution < -0.4 is 5.32 Å². The van der Waals surface area contributed by atoms with E-state index in [0.717, 1.165) is 17.1 Å². The number of anilines is 1. The van der Waals surface area contributed by atoms with Crippen LogP contribution in [-0.2, 0) is 6.54 Å². The summed E-state index contributed by atoms with van der Waals surface area (Å²) in [6.07, 6.45) is 2.05. The second-order valence-corrected chi connectivity index (χ2v) is 4.71. The van der Waals surface area contributed by atoms with Gasteiger partial charge in [-0.3, -0.25) is 0 Å². The van der Waals surface area contributed by atoms with E-state index in [1.807, 2.05) is 30.3 Å². The van der Waals surface area contributed by atoms with E-state index >= 15 is 0 Å². The van der Waals surface area contributed by atoms with Crippen molar-refractivity contribution in [1.29, 1.82) is 0 Å². The van der Waals surface area contributed by atoms with Gasteiger partial charge in [0.25, 0.3) is 0 Å². The van der Waals surface area contributed by atoms with E-state index in [2.05, 4.69) is 47.3 Å². The second kappa shape index (κ2) is 4.78. The van der Waals surface area contributed by atoms with Gasteiger partial charge in [0, 0.05) is 34.2 Å². The number of nitrogens with one attached hydrogen (secondary N) is 2. The minimum atomic E-state index is 0.793. The highest BCUT2D eigenvalue weighted by Gasteiger charge is 2.03. The normalized spacial score (nSPS) is 10.7. The number of rotatable bonds is 3. The third-order valence-corrected chi connectivity index (χ3v) is 3.44. The Bertz CT molecular complexity index is 673. The van der Waals surface area contributed by atoms with Gasteiger partial charge in [-0.2, -0.15) is 0 Å². The summed E-state index contributed by atoms with van der Waals surface area (Å²) >= 11 is 4.43. The summed E-state index contributed by atoms with van der Waals surface area (Å²) in [7, 11) is 0. The molecule has 2 N–H and O–H groups in total. The molecule has 0 amide bonds. The van der Waals surface area contributed by atoms with Crippen LogP contribution in [-0.4, -0.2) is 4.98 Å². The van der Waals surface area contributed by atoms with Crippen LogP contribution in [0.25, 0.3) is 10.9 Å². The van der Waals surface area contributed by atoms with E-state index in [4.69, 9.17) is 0 Å². The first-order chi connectivity index (χ1) is 8.84. The SMILES string of the molecule is Sc1ccccc1NCc1c[nH]c2ccccc12. The van der Waals surface area contributed by atoms with Gasteiger partial charge in [0.05, 0.1) is 0 Å². The highest BCUT2D eigenvalue weighted by atomic mass is 32.1. The van der Waals surface area contributed by atoms with Crippen LogP contribution in [0.5, 0.6) is 0 Å². The Morgan fingerprint density at radius 2 is 1.78 bits per heavy atom. The number of fused-ring (bicyclic) bond motifs is 1. The van der Waals surface area contributed by atoms with Crippen LogP contribution in [0.15, 0.2) is 59.6 Å². The number of aromatic nitrogens is 1. The van der Waals surface area contributed by atoms with Crippen LogP contribution >= 0.6 is 12.6 Å². The highest BCUT2D eigenvalue weighted by Crippen LogP contribution is 2.22. The van der Waals surface area contributed by atoms with Crippen molar-refractivity contribution in [2.45, 2.75) is 11.4 Å². The molecule has 3 heteroatoms. The maximum absolute atomic E-state index is 4.43. The monoisotopic (exact) mass is 254 g/mol. The van der Waals surface area contributed by atoms with Gasteiger partial charge in [0.2, 0.25) is 0 Å². The summed E-state index contributed by atoms with van der Waals surface area (Å²) in [5.41, 5.74) is 3.50. The first kappa shape index (κ1) is 11.2. The summed E-state index contributed by atoms with van der Waals surface area (Å²) in [5, 5.41) is 4.68. The number of H-pyrrole nitrogens is 1. The predicted octanol–water partition coefficient (Wildman–Crippen LogP) is 4.07. The van der Waals surface area contributed by atoms with E-state index in [0.29, 0.717) is 0 Å². The molecule has 3 rings (SSSR count). The largest absolute Gasteiger partial charge is 0.380 e. The summed E-state index contributed by atoms with van der Waals surface area (Å²) in [5.74, 6) is 0. The Kier molecular flexibility index (Phi) is 2.99. The molecule has 0 atom stereocenters. The van der Waals surface area contributed by atoms with Crippen molar-refractivity contribution in [3.63, 3.8) is 0 Å². The zero-order valence-electron chi connectivity index (χ0n) is 9.85. The molecule has 0 saturated heterocycles. The maximum atomic E-state index is 4.43. The van der Waals surface area contributed by atoms with Gasteiger partial charge in [-0.1, -0.05) is 30.3 Å². The molecule has 0 aliphatic rings. The molecule has 3 aromatic rings. The van der Waals surface area contributed by atoms with E-state index in [1.54, 1.807) is 0 Å². The minimum Gasteiger partial charge on any atom is -0.380 e. The molecule has 0 unspecified atom stereocenters. The van der Waals surface area contributed by atoms with E-state index < -0.39 is 0 Å². The number of benzene rings is 2. The summed E-state index contributed by atoms with van der Waals surface area (Å²) in [6, 6.07) is 16.3. The van der Waals surface area contributed by atoms with Crippen molar-refractivity contribution in [2.24, 2.45) is 0 Å². The number of hydrogen-bond donors (Lipinski definition) is 3. The smallest absolute Gasteiger partial charge is 0.0478 e. The molecule has 0 aliphatic heterocycles. The van der Waals surface area contributed by atoms with Crippen molar-refractivity contribution in [1.82, 2.24) is 4.98 Å². The molecular formula is C15H14N2S. The van der Waals surface area contributed by atoms with Crippen LogP contribution in [0, 0.1) is 0 Å². The zero-order chi connectivity index (χ0) is 12.4. The Morgan fingerprint density at radius 1 is 1.00 bits per heavy atom. The topological polar surface area (TPSA) is 27.8 Å². The standard InChI is InChI=1S/C15H14N2S/c18-15-8-4-3-7-14(15)17-10-11-9-16-13-6-2-1-5-12(11)13/h1-9,16-18H,10H2. The Labute approximate surface area is 111 Å². The maximum Gasteiger partial charge on any atom is 0.0478 e. The fourth-order valence-electron chi connectivity index (χ4n) is 2.09. The van der Waals surface area contributed by atoms with Crippen LogP contribution in [0.4, 0.5) is 5.69 Å². The van der Waals surface area contributed by atoms with E-state index in [-0.39, 0.29) is 0 Å². The molecule has 0 bridgehead atoms. The molecule has 0 aliphatic carbocycles. The molecule has 1 aromatic heterocycles. The van der Waals surface area contributed by atoms with Crippen molar-refractivity contribution in [3.8, 4) is 0 Å². The Hall–Kier alpha value is -1.87. The van der Waals surface area contributed by atoms with Crippen LogP contribution in [0.3, 0.4) is 0 Å². The van der Waals surface area contributed by atoms with Gasteiger partial charge >= 0.3 is 0 Å². The minimum absolute atomic E-state index is 0.793. The quantitative estimate of drug-likeness (QED) is 0.604. The first-order valence-electron chi connectivity index (χ1n) is 5.91. The molecule has 18 heavy (non-hydrogen) atoms. The number of thiol groups is 1. The molecule has 1 heterocycles. The number of aromatic amines is 1. The third kappa shape index (κ3) is 2.09. The van der Waals surface area contributed by atoms with Gasteiger partial charge in [-0.05, 0) is 23.8 Å². The van der Waals surface area contributed by atoms with Gasteiger partial charge in [0.15, 0.2) is 0 Å². The lowest BCUT2D eigenvalue weighted by molar-refractivity contribution is 1.14. The van der Waals surface area contributed by atoms with Crippen molar-refractivity contribution in [2.75, 3.05) is 5.32 Å². The Morgan fingerprint density at radius 3 is 2.67 bits per heavy atom. The van der Waals surface area contributed by atoms with Crippen molar-refractivity contribution < 1.29 is 0 Å². The molecule has 2 nitrogen and oxygen atoms in total. The second-order valence-electron chi connectivity index (χ2n) is 4.23. The molecule has 0 fully saturated rings. The van der Waals surface area contributed by atoms with Crippen molar-refractivity contribution in [3.05, 3.63) is 60.3 Å². The average molecular weight is 254 g/mol. The summed E-state index contributed by atoms with van der Waals surface area (Å²) < 4.78 is 0. The molecule has 0 radical (unpaired) electrons. The van der Waals surface area contributed by atoms with Gasteiger partial charge in [-0.15, -0.1) is 12.6 Å². The van der Waals surface area contributed by atoms with Gasteiger partial charge < -0.3 is 10.3 Å². The lowest BCUT2D eigenvalue weighted by atomic mass is 10.2. The van der Waals surface area contributed by atoms with Crippen LogP contribution in [0.1, 0.15) is 5.56 Å². The summed E-state index contributed by atoms with van der Waals surface area (Å²) in [6.45, 7) is 0.793. The third-order valence-electron chi connectivity index (χ3n) is 3.05. The zero-order valence-corrected chi connectivity index (χ0v) is 10.7. The lowest BCUT2D eigenvalue weighted by Gasteiger charge is -2.07. The van der Waals surface area contributed by atoms with Crippen molar-refractivity contribution >= 4 is 29.2 Å². The highest BCUT2D eigenvalue weighted by molar-refractivity contribution is 7.80. The van der Waals surface area contributed by atoms with E-state index in [9.17, 15) is 0 Å². The number of hydrogen-bond acceptors (Lipinski definition) is 2. The molecule has 90 valence electrons. The lowest BCUT2D eigenvalue weighted by Crippen LogP contribution is -1.99. The summed E-state index contributed by atoms with van der Waals surface area (Å²) in [4.78, 5) is 4.25. The number of para-hydroxylation sites is 2. The van der Waals surface area contributed by atoms with Crippen LogP contribution in [0.2, 0.25) is 0 Å². The molecule has 2 aromatic carbocycles.